The van der Waals surface area contributed by atoms with Crippen LogP contribution in [0.15, 0.2) is 42.7 Å². The summed E-state index contributed by atoms with van der Waals surface area (Å²) >= 11 is 0. The molecule has 3 aromatic heterocycles. The van der Waals surface area contributed by atoms with Crippen LogP contribution < -0.4 is 0 Å². The third kappa shape index (κ3) is 3.59. The van der Waals surface area contributed by atoms with Gasteiger partial charge in [0.1, 0.15) is 11.4 Å². The van der Waals surface area contributed by atoms with Crippen LogP contribution in [0.4, 0.5) is 13.2 Å². The van der Waals surface area contributed by atoms with Crippen molar-refractivity contribution < 1.29 is 18.3 Å². The predicted molar refractivity (Wildman–Crippen MR) is 124 cm³/mol. The van der Waals surface area contributed by atoms with Crippen LogP contribution in [0.25, 0.3) is 27.7 Å². The van der Waals surface area contributed by atoms with Gasteiger partial charge in [0.25, 0.3) is 0 Å². The van der Waals surface area contributed by atoms with Crippen molar-refractivity contribution in [3.63, 3.8) is 0 Å². The van der Waals surface area contributed by atoms with E-state index in [1.54, 1.807) is 18.3 Å². The molecule has 2 aliphatic rings. The molecule has 0 radical (unpaired) electrons. The van der Waals surface area contributed by atoms with Crippen molar-refractivity contribution in [2.24, 2.45) is 5.92 Å². The molecule has 0 spiro atoms. The van der Waals surface area contributed by atoms with E-state index in [2.05, 4.69) is 14.8 Å². The lowest BCUT2D eigenvalue weighted by atomic mass is 9.93. The smallest absolute Gasteiger partial charge is 0.393 e. The van der Waals surface area contributed by atoms with Crippen LogP contribution in [0.2, 0.25) is 0 Å². The minimum Gasteiger partial charge on any atom is -0.393 e. The van der Waals surface area contributed by atoms with Gasteiger partial charge in [-0.2, -0.15) is 13.2 Å². The van der Waals surface area contributed by atoms with Crippen molar-refractivity contribution in [1.29, 1.82) is 0 Å². The highest BCUT2D eigenvalue weighted by molar-refractivity contribution is 5.87. The van der Waals surface area contributed by atoms with Crippen molar-refractivity contribution in [3.05, 3.63) is 54.1 Å². The monoisotopic (exact) mass is 468 g/mol. The Kier molecular flexibility index (Phi) is 4.99. The predicted octanol–water partition coefficient (Wildman–Crippen LogP) is 6.36. The average Bonchev–Trinajstić information content (AvgIpc) is 3.44. The molecule has 1 N–H and O–H groups in total. The van der Waals surface area contributed by atoms with E-state index in [0.29, 0.717) is 23.3 Å². The van der Waals surface area contributed by atoms with Crippen LogP contribution in [0.3, 0.4) is 0 Å². The van der Waals surface area contributed by atoms with Gasteiger partial charge in [-0.25, -0.2) is 0 Å². The van der Waals surface area contributed by atoms with Gasteiger partial charge in [0.15, 0.2) is 5.65 Å². The fourth-order valence-electron chi connectivity index (χ4n) is 5.60. The van der Waals surface area contributed by atoms with E-state index in [1.165, 1.54) is 4.40 Å². The van der Waals surface area contributed by atoms with Gasteiger partial charge >= 0.3 is 6.18 Å². The molecule has 0 bridgehead atoms. The quantitative estimate of drug-likeness (QED) is 0.379. The number of halogens is 3. The molecular weight excluding hydrogens is 441 g/mol. The van der Waals surface area contributed by atoms with Crippen molar-refractivity contribution in [1.82, 2.24) is 19.2 Å². The van der Waals surface area contributed by atoms with Crippen molar-refractivity contribution in [2.45, 2.75) is 69.7 Å². The maximum Gasteiger partial charge on any atom is 0.420 e. The standard InChI is InChI=1S/C26H27F3N4O/c1-15(16-2-3-16)24-30-31-25-23(26(27,28)29)21(11-13-33(24)25)17-4-9-22-18(14-17)10-12-32(22)19-5-7-20(34)8-6-19/h4,9-16,19-20,34H,2-3,5-8H2,1H3. The number of aliphatic hydroxyl groups excluding tert-OH is 1. The zero-order valence-electron chi connectivity index (χ0n) is 19.0. The molecule has 2 saturated carbocycles. The molecular formula is C26H27F3N4O. The normalized spacial score (nSPS) is 22.5. The second kappa shape index (κ2) is 7.83. The topological polar surface area (TPSA) is 55.3 Å². The van der Waals surface area contributed by atoms with Crippen molar-refractivity contribution in [2.75, 3.05) is 0 Å². The molecule has 1 atom stereocenters. The number of nitrogens with zero attached hydrogens (tertiary/aromatic N) is 4. The Balaban J connectivity index is 1.43. The molecule has 2 aliphatic carbocycles. The summed E-state index contributed by atoms with van der Waals surface area (Å²) in [6.07, 6.45) is 4.41. The molecule has 6 rings (SSSR count). The van der Waals surface area contributed by atoms with Crippen LogP contribution in [0.1, 0.15) is 68.8 Å². The molecule has 4 aromatic rings. The number of rotatable bonds is 4. The van der Waals surface area contributed by atoms with Crippen LogP contribution in [0, 0.1) is 5.92 Å². The number of benzene rings is 1. The lowest BCUT2D eigenvalue weighted by Gasteiger charge is -2.27. The lowest BCUT2D eigenvalue weighted by molar-refractivity contribution is -0.136. The van der Waals surface area contributed by atoms with E-state index >= 15 is 0 Å². The summed E-state index contributed by atoms with van der Waals surface area (Å²) in [5.41, 5.74) is 0.762. The molecule has 178 valence electrons. The summed E-state index contributed by atoms with van der Waals surface area (Å²) in [6, 6.07) is 9.31. The van der Waals surface area contributed by atoms with Crippen LogP contribution in [0.5, 0.6) is 0 Å². The van der Waals surface area contributed by atoms with Crippen LogP contribution in [-0.4, -0.2) is 30.4 Å². The maximum atomic E-state index is 14.3. The fourth-order valence-corrected chi connectivity index (χ4v) is 5.60. The maximum absolute atomic E-state index is 14.3. The second-order valence-electron chi connectivity index (χ2n) is 9.94. The van der Waals surface area contributed by atoms with E-state index < -0.39 is 11.7 Å². The Morgan fingerprint density at radius 2 is 1.74 bits per heavy atom. The Hall–Kier alpha value is -2.87. The minimum absolute atomic E-state index is 0.0824. The van der Waals surface area contributed by atoms with Gasteiger partial charge < -0.3 is 9.67 Å². The highest BCUT2D eigenvalue weighted by Crippen LogP contribution is 2.44. The molecule has 0 aliphatic heterocycles. The summed E-state index contributed by atoms with van der Waals surface area (Å²) in [5.74, 6) is 1.15. The number of alkyl halides is 3. The van der Waals surface area contributed by atoms with E-state index in [-0.39, 0.29) is 23.2 Å². The highest BCUT2D eigenvalue weighted by atomic mass is 19.4. The van der Waals surface area contributed by atoms with Gasteiger partial charge in [-0.05, 0) is 79.8 Å². The zero-order chi connectivity index (χ0) is 23.6. The van der Waals surface area contributed by atoms with E-state index in [1.807, 2.05) is 31.3 Å². The SMILES string of the molecule is CC(c1nnc2c(C(F)(F)F)c(-c3ccc4c(ccn4C4CCC(O)CC4)c3)ccn12)C1CC1. The Bertz CT molecular complexity index is 1360. The van der Waals surface area contributed by atoms with Gasteiger partial charge in [-0.15, -0.1) is 10.2 Å². The van der Waals surface area contributed by atoms with Crippen LogP contribution >= 0.6 is 0 Å². The molecule has 34 heavy (non-hydrogen) atoms. The third-order valence-corrected chi connectivity index (χ3v) is 7.72. The van der Waals surface area contributed by atoms with Gasteiger partial charge in [-0.3, -0.25) is 4.40 Å². The number of fused-ring (bicyclic) bond motifs is 2. The second-order valence-corrected chi connectivity index (χ2v) is 9.94. The summed E-state index contributed by atoms with van der Waals surface area (Å²) < 4.78 is 46.7. The van der Waals surface area contributed by atoms with Crippen LogP contribution in [-0.2, 0) is 6.18 Å². The third-order valence-electron chi connectivity index (χ3n) is 7.72. The highest BCUT2D eigenvalue weighted by Gasteiger charge is 2.39. The Labute approximate surface area is 195 Å². The first-order chi connectivity index (χ1) is 16.3. The van der Waals surface area contributed by atoms with Crippen molar-refractivity contribution in [3.8, 4) is 11.1 Å². The first-order valence-corrected chi connectivity index (χ1v) is 12.0. The average molecular weight is 469 g/mol. The number of aliphatic hydroxyl groups is 1. The Morgan fingerprint density at radius 1 is 0.971 bits per heavy atom. The summed E-state index contributed by atoms with van der Waals surface area (Å²) in [5, 5.41) is 18.9. The molecule has 1 aromatic carbocycles. The van der Waals surface area contributed by atoms with E-state index in [9.17, 15) is 18.3 Å². The summed E-state index contributed by atoms with van der Waals surface area (Å²) in [6.45, 7) is 2.01. The lowest BCUT2D eigenvalue weighted by Crippen LogP contribution is -2.20. The molecule has 8 heteroatoms. The first-order valence-electron chi connectivity index (χ1n) is 12.0. The van der Waals surface area contributed by atoms with Gasteiger partial charge in [0.05, 0.1) is 6.10 Å². The molecule has 3 heterocycles. The van der Waals surface area contributed by atoms with Gasteiger partial charge in [0.2, 0.25) is 0 Å². The number of hydrogen-bond donors (Lipinski definition) is 1. The largest absolute Gasteiger partial charge is 0.420 e. The first kappa shape index (κ1) is 21.6. The summed E-state index contributed by atoms with van der Waals surface area (Å²) in [7, 11) is 0. The molecule has 1 unspecified atom stereocenters. The van der Waals surface area contributed by atoms with Gasteiger partial charge in [-0.1, -0.05) is 13.0 Å². The Morgan fingerprint density at radius 3 is 2.44 bits per heavy atom. The van der Waals surface area contributed by atoms with Gasteiger partial charge in [0, 0.05) is 35.3 Å². The fraction of sp³-hybridized carbons (Fsp3) is 0.462. The van der Waals surface area contributed by atoms with E-state index in [4.69, 9.17) is 0 Å². The number of aromatic nitrogens is 4. The zero-order valence-corrected chi connectivity index (χ0v) is 19.0. The number of pyridine rings is 1. The number of hydrogen-bond acceptors (Lipinski definition) is 3. The molecule has 2 fully saturated rings. The molecule has 0 amide bonds. The van der Waals surface area contributed by atoms with E-state index in [0.717, 1.165) is 49.4 Å². The minimum atomic E-state index is -4.56. The van der Waals surface area contributed by atoms with Crippen molar-refractivity contribution >= 4 is 16.6 Å². The summed E-state index contributed by atoms with van der Waals surface area (Å²) in [4.78, 5) is 0. The molecule has 5 nitrogen and oxygen atoms in total. The molecule has 0 saturated heterocycles.